The lowest BCUT2D eigenvalue weighted by atomic mass is 9.88. The Morgan fingerprint density at radius 1 is 1.33 bits per heavy atom. The van der Waals surface area contributed by atoms with Crippen LogP contribution in [0.3, 0.4) is 0 Å². The first-order valence-corrected chi connectivity index (χ1v) is 9.97. The molecule has 0 saturated carbocycles. The zero-order valence-corrected chi connectivity index (χ0v) is 16.9. The van der Waals surface area contributed by atoms with Crippen LogP contribution < -0.4 is 10.1 Å². The molecule has 2 amide bonds. The molecule has 2 aliphatic rings. The van der Waals surface area contributed by atoms with E-state index in [1.807, 2.05) is 23.1 Å². The molecule has 0 bridgehead atoms. The van der Waals surface area contributed by atoms with Crippen molar-refractivity contribution in [3.8, 4) is 5.75 Å². The monoisotopic (exact) mass is 375 g/mol. The molecule has 0 aromatic heterocycles. The van der Waals surface area contributed by atoms with Gasteiger partial charge in [0.05, 0.1) is 7.11 Å². The van der Waals surface area contributed by atoms with Gasteiger partial charge in [-0.1, -0.05) is 18.2 Å². The van der Waals surface area contributed by atoms with Crippen LogP contribution in [0.25, 0.3) is 0 Å². The number of hydrogen-bond donors (Lipinski definition) is 1. The Bertz CT molecular complexity index is 629. The summed E-state index contributed by atoms with van der Waals surface area (Å²) in [4.78, 5) is 17.2. The van der Waals surface area contributed by atoms with Crippen LogP contribution in [-0.2, 0) is 11.2 Å². The summed E-state index contributed by atoms with van der Waals surface area (Å²) < 4.78 is 11.0. The van der Waals surface area contributed by atoms with Crippen LogP contribution in [0.2, 0.25) is 0 Å². The number of hydrogen-bond acceptors (Lipinski definition) is 4. The summed E-state index contributed by atoms with van der Waals surface area (Å²) in [6, 6.07) is 8.38. The molecular weight excluding hydrogens is 342 g/mol. The molecule has 1 unspecified atom stereocenters. The number of ether oxygens (including phenoxy) is 2. The fourth-order valence-electron chi connectivity index (χ4n) is 4.32. The number of nitrogens with one attached hydrogen (secondary N) is 1. The van der Waals surface area contributed by atoms with Gasteiger partial charge in [-0.15, -0.1) is 0 Å². The average Bonchev–Trinajstić information content (AvgIpc) is 3.15. The molecule has 0 spiro atoms. The van der Waals surface area contributed by atoms with Gasteiger partial charge in [-0.2, -0.15) is 0 Å². The number of likely N-dealkylation sites (N-methyl/N-ethyl adjacent to an activating group) is 1. The van der Waals surface area contributed by atoms with Gasteiger partial charge in [-0.25, -0.2) is 4.79 Å². The van der Waals surface area contributed by atoms with Gasteiger partial charge in [0, 0.05) is 37.9 Å². The van der Waals surface area contributed by atoms with E-state index in [0.29, 0.717) is 6.54 Å². The first-order valence-electron chi connectivity index (χ1n) is 9.97. The first-order chi connectivity index (χ1) is 13.1. The standard InChI is InChI=1S/C21H33N3O3/c1-23(2)21(10-13-27-14-11-21)16-22-20(25)24-12-6-8-18(24)15-17-7-4-5-9-19(17)26-3/h4-5,7,9,18H,6,8,10-16H2,1-3H3,(H,22,25). The lowest BCUT2D eigenvalue weighted by Crippen LogP contribution is -2.57. The van der Waals surface area contributed by atoms with E-state index >= 15 is 0 Å². The van der Waals surface area contributed by atoms with Crippen molar-refractivity contribution in [3.05, 3.63) is 29.8 Å². The Morgan fingerprint density at radius 2 is 2.07 bits per heavy atom. The Kier molecular flexibility index (Phi) is 6.60. The third kappa shape index (κ3) is 4.55. The molecular formula is C21H33N3O3. The second kappa shape index (κ2) is 8.93. The second-order valence-electron chi connectivity index (χ2n) is 7.90. The van der Waals surface area contributed by atoms with Gasteiger partial charge in [0.2, 0.25) is 0 Å². The van der Waals surface area contributed by atoms with Crippen molar-refractivity contribution in [1.29, 1.82) is 0 Å². The van der Waals surface area contributed by atoms with Crippen LogP contribution in [0.1, 0.15) is 31.2 Å². The lowest BCUT2D eigenvalue weighted by molar-refractivity contribution is -0.00627. The molecule has 3 rings (SSSR count). The minimum absolute atomic E-state index is 0.00815. The van der Waals surface area contributed by atoms with Gasteiger partial charge >= 0.3 is 6.03 Å². The number of likely N-dealkylation sites (tertiary alicyclic amines) is 1. The van der Waals surface area contributed by atoms with Crippen LogP contribution in [0.4, 0.5) is 4.79 Å². The van der Waals surface area contributed by atoms with E-state index in [9.17, 15) is 4.79 Å². The smallest absolute Gasteiger partial charge is 0.317 e. The van der Waals surface area contributed by atoms with E-state index in [-0.39, 0.29) is 17.6 Å². The Morgan fingerprint density at radius 3 is 2.78 bits per heavy atom. The maximum absolute atomic E-state index is 12.9. The average molecular weight is 376 g/mol. The molecule has 1 N–H and O–H groups in total. The van der Waals surface area contributed by atoms with Crippen LogP contribution in [0.15, 0.2) is 24.3 Å². The fraction of sp³-hybridized carbons (Fsp3) is 0.667. The van der Waals surface area contributed by atoms with Gasteiger partial charge < -0.3 is 24.6 Å². The fourth-order valence-corrected chi connectivity index (χ4v) is 4.32. The molecule has 0 radical (unpaired) electrons. The van der Waals surface area contributed by atoms with Crippen molar-refractivity contribution in [2.24, 2.45) is 0 Å². The molecule has 1 aromatic rings. The van der Waals surface area contributed by atoms with Crippen molar-refractivity contribution in [2.75, 3.05) is 47.5 Å². The number of rotatable bonds is 6. The van der Waals surface area contributed by atoms with Gasteiger partial charge in [0.1, 0.15) is 5.75 Å². The Hall–Kier alpha value is -1.79. The van der Waals surface area contributed by atoms with E-state index in [2.05, 4.69) is 30.4 Å². The molecule has 2 fully saturated rings. The number of methoxy groups -OCH3 is 1. The number of benzene rings is 1. The third-order valence-corrected chi connectivity index (χ3v) is 6.23. The van der Waals surface area contributed by atoms with E-state index in [1.54, 1.807) is 7.11 Å². The van der Waals surface area contributed by atoms with Crippen molar-refractivity contribution >= 4 is 6.03 Å². The molecule has 1 atom stereocenters. The topological polar surface area (TPSA) is 54.0 Å². The molecule has 6 nitrogen and oxygen atoms in total. The highest BCUT2D eigenvalue weighted by Crippen LogP contribution is 2.27. The summed E-state index contributed by atoms with van der Waals surface area (Å²) in [6.07, 6.45) is 4.83. The summed E-state index contributed by atoms with van der Waals surface area (Å²) in [6.45, 7) is 3.01. The molecule has 150 valence electrons. The number of urea groups is 1. The summed E-state index contributed by atoms with van der Waals surface area (Å²) in [7, 11) is 5.89. The van der Waals surface area contributed by atoms with E-state index in [4.69, 9.17) is 9.47 Å². The Labute approximate surface area is 162 Å². The quantitative estimate of drug-likeness (QED) is 0.830. The van der Waals surface area contributed by atoms with Crippen LogP contribution in [0.5, 0.6) is 5.75 Å². The van der Waals surface area contributed by atoms with Crippen molar-refractivity contribution in [3.63, 3.8) is 0 Å². The maximum Gasteiger partial charge on any atom is 0.317 e. The predicted molar refractivity (Wildman–Crippen MR) is 106 cm³/mol. The number of amides is 2. The zero-order valence-electron chi connectivity index (χ0n) is 16.9. The molecule has 0 aliphatic carbocycles. The number of para-hydroxylation sites is 1. The minimum atomic E-state index is -0.00815. The molecule has 2 aliphatic heterocycles. The van der Waals surface area contributed by atoms with Gasteiger partial charge in [0.15, 0.2) is 0 Å². The third-order valence-electron chi connectivity index (χ3n) is 6.23. The van der Waals surface area contributed by atoms with Crippen molar-refractivity contribution in [1.82, 2.24) is 15.1 Å². The second-order valence-corrected chi connectivity index (χ2v) is 7.90. The highest BCUT2D eigenvalue weighted by atomic mass is 16.5. The molecule has 2 heterocycles. The summed E-state index contributed by atoms with van der Waals surface area (Å²) in [5.41, 5.74) is 1.16. The SMILES string of the molecule is COc1ccccc1CC1CCCN1C(=O)NCC1(N(C)C)CCOCC1. The van der Waals surface area contributed by atoms with Crippen LogP contribution in [0, 0.1) is 0 Å². The van der Waals surface area contributed by atoms with Gasteiger partial charge in [0.25, 0.3) is 0 Å². The highest BCUT2D eigenvalue weighted by molar-refractivity contribution is 5.75. The molecule has 27 heavy (non-hydrogen) atoms. The summed E-state index contributed by atoms with van der Waals surface area (Å²) in [5.74, 6) is 0.901. The van der Waals surface area contributed by atoms with Crippen LogP contribution >= 0.6 is 0 Å². The number of carbonyl (C=O) groups excluding carboxylic acids is 1. The van der Waals surface area contributed by atoms with Gasteiger partial charge in [-0.05, 0) is 57.8 Å². The molecule has 6 heteroatoms. The van der Waals surface area contributed by atoms with Crippen molar-refractivity contribution in [2.45, 2.75) is 43.7 Å². The number of nitrogens with zero attached hydrogens (tertiary/aromatic N) is 2. The summed E-state index contributed by atoms with van der Waals surface area (Å²) >= 11 is 0. The van der Waals surface area contributed by atoms with Crippen LogP contribution in [-0.4, -0.2) is 74.9 Å². The Balaban J connectivity index is 1.61. The van der Waals surface area contributed by atoms with E-state index < -0.39 is 0 Å². The highest BCUT2D eigenvalue weighted by Gasteiger charge is 2.36. The maximum atomic E-state index is 12.9. The molecule has 2 saturated heterocycles. The largest absolute Gasteiger partial charge is 0.496 e. The predicted octanol–water partition coefficient (Wildman–Crippen LogP) is 2.52. The van der Waals surface area contributed by atoms with Gasteiger partial charge in [-0.3, -0.25) is 0 Å². The lowest BCUT2D eigenvalue weighted by Gasteiger charge is -2.43. The first kappa shape index (κ1) is 20.0. The summed E-state index contributed by atoms with van der Waals surface area (Å²) in [5, 5.41) is 3.22. The molecule has 1 aromatic carbocycles. The number of carbonyl (C=O) groups is 1. The van der Waals surface area contributed by atoms with E-state index in [0.717, 1.165) is 57.6 Å². The zero-order chi connectivity index (χ0) is 19.3. The van der Waals surface area contributed by atoms with Crippen molar-refractivity contribution < 1.29 is 14.3 Å². The van der Waals surface area contributed by atoms with E-state index in [1.165, 1.54) is 5.56 Å². The minimum Gasteiger partial charge on any atom is -0.496 e. The normalized spacial score (nSPS) is 22.1.